The first kappa shape index (κ1) is 15.5. The molecular formula is C19H20ClN3O. The molecule has 0 radical (unpaired) electrons. The van der Waals surface area contributed by atoms with Crippen molar-refractivity contribution in [3.8, 4) is 0 Å². The summed E-state index contributed by atoms with van der Waals surface area (Å²) in [5.74, 6) is 0.596. The maximum atomic E-state index is 12.4. The maximum Gasteiger partial charge on any atom is 0.321 e. The van der Waals surface area contributed by atoms with E-state index in [1.165, 1.54) is 5.56 Å². The number of urea groups is 1. The van der Waals surface area contributed by atoms with Crippen molar-refractivity contribution in [1.82, 2.24) is 9.80 Å². The van der Waals surface area contributed by atoms with Gasteiger partial charge in [0.25, 0.3) is 0 Å². The minimum atomic E-state index is 0.00189. The van der Waals surface area contributed by atoms with Gasteiger partial charge in [-0.15, -0.1) is 0 Å². The van der Waals surface area contributed by atoms with E-state index in [2.05, 4.69) is 22.3 Å². The van der Waals surface area contributed by atoms with Crippen molar-refractivity contribution in [2.75, 3.05) is 25.0 Å². The van der Waals surface area contributed by atoms with Crippen LogP contribution in [0.25, 0.3) is 0 Å². The molecule has 0 aromatic heterocycles. The Bertz CT molecular complexity index is 719. The smallest absolute Gasteiger partial charge is 0.321 e. The molecule has 4 nitrogen and oxygen atoms in total. The number of nitrogens with one attached hydrogen (secondary N) is 1. The van der Waals surface area contributed by atoms with Crippen LogP contribution in [-0.2, 0) is 6.54 Å². The highest BCUT2D eigenvalue weighted by Gasteiger charge is 2.46. The Kier molecular flexibility index (Phi) is 4.17. The lowest BCUT2D eigenvalue weighted by Crippen LogP contribution is -2.54. The van der Waals surface area contributed by atoms with Crippen molar-refractivity contribution in [3.63, 3.8) is 0 Å². The molecule has 2 aliphatic heterocycles. The third-order valence-corrected chi connectivity index (χ3v) is 5.21. The molecule has 0 unspecified atom stereocenters. The predicted molar refractivity (Wildman–Crippen MR) is 96.2 cm³/mol. The standard InChI is InChI=1S/C19H20ClN3O/c20-16-8-6-14(7-9-16)10-22-11-15-12-23(13-18(15)22)19(24)21-17-4-2-1-3-5-17/h1-9,15,18H,10-13H2,(H,21,24)/t15-,18-/m0/s1. The number of likely N-dealkylation sites (tertiary alicyclic amines) is 2. The van der Waals surface area contributed by atoms with Crippen LogP contribution < -0.4 is 5.32 Å². The minimum absolute atomic E-state index is 0.00189. The van der Waals surface area contributed by atoms with Crippen molar-refractivity contribution < 1.29 is 4.79 Å². The first-order valence-corrected chi connectivity index (χ1v) is 8.66. The number of hydrogen-bond donors (Lipinski definition) is 1. The van der Waals surface area contributed by atoms with Gasteiger partial charge in [0.2, 0.25) is 0 Å². The quantitative estimate of drug-likeness (QED) is 0.924. The van der Waals surface area contributed by atoms with Crippen LogP contribution in [0.3, 0.4) is 0 Å². The zero-order chi connectivity index (χ0) is 16.5. The van der Waals surface area contributed by atoms with Gasteiger partial charge < -0.3 is 10.2 Å². The van der Waals surface area contributed by atoms with Crippen LogP contribution in [0.2, 0.25) is 5.02 Å². The Morgan fingerprint density at radius 1 is 1.04 bits per heavy atom. The summed E-state index contributed by atoms with van der Waals surface area (Å²) in [7, 11) is 0. The molecule has 2 heterocycles. The third-order valence-electron chi connectivity index (χ3n) is 4.96. The molecule has 4 rings (SSSR count). The molecule has 124 valence electrons. The van der Waals surface area contributed by atoms with Gasteiger partial charge in [-0.25, -0.2) is 4.79 Å². The maximum absolute atomic E-state index is 12.4. The van der Waals surface area contributed by atoms with Crippen LogP contribution >= 0.6 is 11.6 Å². The van der Waals surface area contributed by atoms with Gasteiger partial charge in [-0.3, -0.25) is 4.90 Å². The fourth-order valence-corrected chi connectivity index (χ4v) is 3.77. The number of carbonyl (C=O) groups excluding carboxylic acids is 1. The van der Waals surface area contributed by atoms with Gasteiger partial charge in [0.05, 0.1) is 0 Å². The first-order chi connectivity index (χ1) is 11.7. The second-order valence-corrected chi connectivity index (χ2v) is 7.02. The number of halogens is 1. The van der Waals surface area contributed by atoms with Crippen molar-refractivity contribution >= 4 is 23.3 Å². The summed E-state index contributed by atoms with van der Waals surface area (Å²) in [6, 6.07) is 18.1. The van der Waals surface area contributed by atoms with Gasteiger partial charge in [0.1, 0.15) is 0 Å². The number of anilines is 1. The van der Waals surface area contributed by atoms with E-state index in [1.54, 1.807) is 0 Å². The van der Waals surface area contributed by atoms with E-state index in [4.69, 9.17) is 11.6 Å². The lowest BCUT2D eigenvalue weighted by atomic mass is 9.91. The highest BCUT2D eigenvalue weighted by molar-refractivity contribution is 6.30. The normalized spacial score (nSPS) is 22.8. The monoisotopic (exact) mass is 341 g/mol. The van der Waals surface area contributed by atoms with Crippen LogP contribution in [0.15, 0.2) is 54.6 Å². The number of benzene rings is 2. The number of hydrogen-bond acceptors (Lipinski definition) is 2. The summed E-state index contributed by atoms with van der Waals surface area (Å²) in [5.41, 5.74) is 2.12. The number of carbonyl (C=O) groups is 1. The first-order valence-electron chi connectivity index (χ1n) is 8.28. The molecule has 1 N–H and O–H groups in total. The lowest BCUT2D eigenvalue weighted by Gasteiger charge is -2.43. The summed E-state index contributed by atoms with van der Waals surface area (Å²) < 4.78 is 0. The zero-order valence-electron chi connectivity index (χ0n) is 13.4. The van der Waals surface area contributed by atoms with Gasteiger partial charge in [-0.1, -0.05) is 41.9 Å². The van der Waals surface area contributed by atoms with Crippen molar-refractivity contribution in [2.45, 2.75) is 12.6 Å². The SMILES string of the molecule is O=C(Nc1ccccc1)N1C[C@@H]2CN(Cc3ccc(Cl)cc3)[C@H]2C1. The average molecular weight is 342 g/mol. The van der Waals surface area contributed by atoms with Gasteiger partial charge >= 0.3 is 6.03 Å². The van der Waals surface area contributed by atoms with Gasteiger partial charge in [-0.05, 0) is 29.8 Å². The Labute approximate surface area is 147 Å². The van der Waals surface area contributed by atoms with Crippen LogP contribution in [0.4, 0.5) is 10.5 Å². The summed E-state index contributed by atoms with van der Waals surface area (Å²) in [6.07, 6.45) is 0. The predicted octanol–water partition coefficient (Wildman–Crippen LogP) is 3.69. The van der Waals surface area contributed by atoms with E-state index >= 15 is 0 Å². The summed E-state index contributed by atoms with van der Waals surface area (Å²) in [6.45, 7) is 3.63. The fraction of sp³-hybridized carbons (Fsp3) is 0.316. The molecule has 2 atom stereocenters. The van der Waals surface area contributed by atoms with Gasteiger partial charge in [0, 0.05) is 48.8 Å². The number of fused-ring (bicyclic) bond motifs is 1. The summed E-state index contributed by atoms with van der Waals surface area (Å²) >= 11 is 5.94. The van der Waals surface area contributed by atoms with Crippen LogP contribution in [0.1, 0.15) is 5.56 Å². The Morgan fingerprint density at radius 2 is 1.79 bits per heavy atom. The van der Waals surface area contributed by atoms with Crippen molar-refractivity contribution in [2.24, 2.45) is 5.92 Å². The molecular weight excluding hydrogens is 322 g/mol. The van der Waals surface area contributed by atoms with Gasteiger partial charge in [-0.2, -0.15) is 0 Å². The Morgan fingerprint density at radius 3 is 2.54 bits per heavy atom. The van der Waals surface area contributed by atoms with Crippen LogP contribution in [-0.4, -0.2) is 41.5 Å². The van der Waals surface area contributed by atoms with E-state index in [9.17, 15) is 4.79 Å². The molecule has 0 spiro atoms. The topological polar surface area (TPSA) is 35.6 Å². The van der Waals surface area contributed by atoms with Crippen LogP contribution in [0, 0.1) is 5.92 Å². The summed E-state index contributed by atoms with van der Waals surface area (Å²) in [5, 5.41) is 3.75. The second-order valence-electron chi connectivity index (χ2n) is 6.58. The van der Waals surface area contributed by atoms with E-state index in [-0.39, 0.29) is 6.03 Å². The molecule has 2 aromatic rings. The summed E-state index contributed by atoms with van der Waals surface area (Å²) in [4.78, 5) is 16.8. The molecule has 24 heavy (non-hydrogen) atoms. The van der Waals surface area contributed by atoms with Crippen molar-refractivity contribution in [3.05, 3.63) is 65.2 Å². The molecule has 0 aliphatic carbocycles. The molecule has 2 aliphatic rings. The van der Waals surface area contributed by atoms with Crippen molar-refractivity contribution in [1.29, 1.82) is 0 Å². The fourth-order valence-electron chi connectivity index (χ4n) is 3.64. The van der Waals surface area contributed by atoms with Gasteiger partial charge in [0.15, 0.2) is 0 Å². The number of amides is 2. The highest BCUT2D eigenvalue weighted by Crippen LogP contribution is 2.33. The molecule has 2 aromatic carbocycles. The number of nitrogens with zero attached hydrogens (tertiary/aromatic N) is 2. The van der Waals surface area contributed by atoms with E-state index in [0.717, 1.165) is 36.9 Å². The Balaban J connectivity index is 1.33. The van der Waals surface area contributed by atoms with Crippen LogP contribution in [0.5, 0.6) is 0 Å². The van der Waals surface area contributed by atoms with E-state index < -0.39 is 0 Å². The number of para-hydroxylation sites is 1. The molecule has 2 amide bonds. The average Bonchev–Trinajstić information content (AvgIpc) is 2.93. The number of rotatable bonds is 3. The highest BCUT2D eigenvalue weighted by atomic mass is 35.5. The molecule has 2 fully saturated rings. The molecule has 0 bridgehead atoms. The Hall–Kier alpha value is -2.04. The second kappa shape index (κ2) is 6.46. The molecule has 5 heteroatoms. The molecule has 0 saturated carbocycles. The largest absolute Gasteiger partial charge is 0.323 e. The van der Waals surface area contributed by atoms with E-state index in [1.807, 2.05) is 47.4 Å². The third kappa shape index (κ3) is 3.12. The lowest BCUT2D eigenvalue weighted by molar-refractivity contribution is 0.0435. The zero-order valence-corrected chi connectivity index (χ0v) is 14.1. The van der Waals surface area contributed by atoms with E-state index in [0.29, 0.717) is 12.0 Å². The molecule has 2 saturated heterocycles. The minimum Gasteiger partial charge on any atom is -0.323 e.